The van der Waals surface area contributed by atoms with Crippen LogP contribution in [0.15, 0.2) is 18.2 Å². The third-order valence-corrected chi connectivity index (χ3v) is 2.83. The van der Waals surface area contributed by atoms with E-state index in [1.165, 1.54) is 0 Å². The zero-order valence-electron chi connectivity index (χ0n) is 11.5. The molecule has 0 fully saturated rings. The molecule has 0 aliphatic heterocycles. The summed E-state index contributed by atoms with van der Waals surface area (Å²) in [5, 5.41) is 0. The van der Waals surface area contributed by atoms with Crippen molar-refractivity contribution in [1.82, 2.24) is 0 Å². The Labute approximate surface area is 119 Å². The normalized spacial score (nSPS) is 10.5. The second-order valence-corrected chi connectivity index (χ2v) is 4.18. The third kappa shape index (κ3) is 6.14. The summed E-state index contributed by atoms with van der Waals surface area (Å²) < 4.78 is 21.2. The van der Waals surface area contributed by atoms with Gasteiger partial charge in [-0.2, -0.15) is 0 Å². The molecule has 0 radical (unpaired) electrons. The Morgan fingerprint density at radius 3 is 2.58 bits per heavy atom. The van der Waals surface area contributed by atoms with E-state index in [0.29, 0.717) is 32.3 Å². The molecule has 0 aliphatic carbocycles. The van der Waals surface area contributed by atoms with E-state index in [1.807, 2.05) is 18.2 Å². The number of benzene rings is 1. The molecule has 1 aromatic carbocycles. The van der Waals surface area contributed by atoms with E-state index in [4.69, 9.17) is 30.5 Å². The van der Waals surface area contributed by atoms with Gasteiger partial charge in [0, 0.05) is 32.0 Å². The lowest BCUT2D eigenvalue weighted by atomic mass is 10.2. The molecule has 0 heterocycles. The number of methoxy groups -OCH3 is 2. The first-order valence-corrected chi connectivity index (χ1v) is 6.77. The molecule has 1 aromatic rings. The number of hydrogen-bond donors (Lipinski definition) is 0. The number of hydrogen-bond acceptors (Lipinski definition) is 4. The lowest BCUT2D eigenvalue weighted by Gasteiger charge is -2.11. The van der Waals surface area contributed by atoms with E-state index < -0.39 is 0 Å². The lowest BCUT2D eigenvalue weighted by Crippen LogP contribution is -2.09. The van der Waals surface area contributed by atoms with Crippen molar-refractivity contribution in [2.24, 2.45) is 0 Å². The van der Waals surface area contributed by atoms with Crippen LogP contribution in [0.1, 0.15) is 12.0 Å². The van der Waals surface area contributed by atoms with E-state index in [-0.39, 0.29) is 0 Å². The highest BCUT2D eigenvalue weighted by atomic mass is 35.5. The van der Waals surface area contributed by atoms with Crippen LogP contribution in [0.2, 0.25) is 0 Å². The van der Waals surface area contributed by atoms with E-state index in [1.54, 1.807) is 14.2 Å². The highest BCUT2D eigenvalue weighted by Crippen LogP contribution is 2.26. The summed E-state index contributed by atoms with van der Waals surface area (Å²) in [6.07, 6.45) is 0.891. The molecule has 0 aliphatic rings. The maximum absolute atomic E-state index is 5.86. The minimum atomic E-state index is 0.411. The van der Waals surface area contributed by atoms with E-state index >= 15 is 0 Å². The van der Waals surface area contributed by atoms with Crippen LogP contribution < -0.4 is 9.47 Å². The predicted octanol–water partition coefficient (Wildman–Crippen LogP) is 2.87. The summed E-state index contributed by atoms with van der Waals surface area (Å²) in [6.45, 7) is 2.43. The lowest BCUT2D eigenvalue weighted by molar-refractivity contribution is 0.0804. The fourth-order valence-corrected chi connectivity index (χ4v) is 1.75. The number of halogens is 1. The molecule has 108 valence electrons. The second-order valence-electron chi connectivity index (χ2n) is 3.91. The second kappa shape index (κ2) is 9.89. The Hall–Kier alpha value is -0.970. The monoisotopic (exact) mass is 288 g/mol. The number of rotatable bonds is 10. The van der Waals surface area contributed by atoms with Crippen LogP contribution in [0.4, 0.5) is 0 Å². The van der Waals surface area contributed by atoms with Gasteiger partial charge in [0.15, 0.2) is 0 Å². The average molecular weight is 289 g/mol. The van der Waals surface area contributed by atoms with Crippen molar-refractivity contribution >= 4 is 11.6 Å². The van der Waals surface area contributed by atoms with E-state index in [9.17, 15) is 0 Å². The maximum atomic E-state index is 5.86. The molecule has 0 N–H and O–H groups in total. The average Bonchev–Trinajstić information content (AvgIpc) is 2.46. The van der Waals surface area contributed by atoms with Gasteiger partial charge in [0.05, 0.1) is 19.6 Å². The molecule has 0 aromatic heterocycles. The number of alkyl halides is 1. The zero-order valence-corrected chi connectivity index (χ0v) is 12.2. The summed E-state index contributed by atoms with van der Waals surface area (Å²) in [6, 6.07) is 5.61. The summed E-state index contributed by atoms with van der Waals surface area (Å²) in [5.74, 6) is 1.91. The molecule has 0 amide bonds. The quantitative estimate of drug-likeness (QED) is 0.490. The fourth-order valence-electron chi connectivity index (χ4n) is 1.52. The van der Waals surface area contributed by atoms with E-state index in [2.05, 4.69) is 0 Å². The molecule has 0 spiro atoms. The van der Waals surface area contributed by atoms with Gasteiger partial charge in [0.2, 0.25) is 0 Å². The van der Waals surface area contributed by atoms with Gasteiger partial charge in [-0.05, 0) is 12.5 Å². The Kier molecular flexibility index (Phi) is 8.38. The minimum Gasteiger partial charge on any atom is -0.497 e. The third-order valence-electron chi connectivity index (χ3n) is 2.54. The molecule has 5 heteroatoms. The van der Waals surface area contributed by atoms with Crippen molar-refractivity contribution in [2.75, 3.05) is 40.6 Å². The summed E-state index contributed by atoms with van der Waals surface area (Å²) in [5.41, 5.74) is 0.946. The van der Waals surface area contributed by atoms with Gasteiger partial charge < -0.3 is 18.9 Å². The minimum absolute atomic E-state index is 0.411. The van der Waals surface area contributed by atoms with Crippen LogP contribution in [0.3, 0.4) is 0 Å². The van der Waals surface area contributed by atoms with Crippen LogP contribution in [0, 0.1) is 0 Å². The first-order valence-electron chi connectivity index (χ1n) is 6.24. The predicted molar refractivity (Wildman–Crippen MR) is 75.4 cm³/mol. The highest BCUT2D eigenvalue weighted by molar-refractivity contribution is 6.17. The summed E-state index contributed by atoms with van der Waals surface area (Å²) in [4.78, 5) is 0. The smallest absolute Gasteiger partial charge is 0.127 e. The zero-order chi connectivity index (χ0) is 13.9. The number of ether oxygens (including phenoxy) is 4. The molecular weight excluding hydrogens is 268 g/mol. The van der Waals surface area contributed by atoms with Gasteiger partial charge >= 0.3 is 0 Å². The summed E-state index contributed by atoms with van der Waals surface area (Å²) in [7, 11) is 3.30. The standard InChI is InChI=1S/C14H21ClO4/c1-16-6-3-7-18-8-9-19-14-10-13(17-2)5-4-12(14)11-15/h4-5,10H,3,6-9,11H2,1-2H3. The Morgan fingerprint density at radius 1 is 1.05 bits per heavy atom. The molecule has 19 heavy (non-hydrogen) atoms. The van der Waals surface area contributed by atoms with Gasteiger partial charge in [0.25, 0.3) is 0 Å². The fraction of sp³-hybridized carbons (Fsp3) is 0.571. The van der Waals surface area contributed by atoms with E-state index in [0.717, 1.165) is 23.5 Å². The molecule has 0 saturated carbocycles. The maximum Gasteiger partial charge on any atom is 0.127 e. The van der Waals surface area contributed by atoms with Crippen LogP contribution in [0.5, 0.6) is 11.5 Å². The molecule has 0 unspecified atom stereocenters. The Bertz CT molecular complexity index is 357. The topological polar surface area (TPSA) is 36.9 Å². The SMILES string of the molecule is COCCCOCCOc1cc(OC)ccc1CCl. The largest absolute Gasteiger partial charge is 0.497 e. The molecule has 0 bridgehead atoms. The van der Waals surface area contributed by atoms with Crippen LogP contribution in [-0.4, -0.2) is 40.6 Å². The molecule has 4 nitrogen and oxygen atoms in total. The van der Waals surface area contributed by atoms with Crippen molar-refractivity contribution in [3.05, 3.63) is 23.8 Å². The van der Waals surface area contributed by atoms with Crippen molar-refractivity contribution in [3.63, 3.8) is 0 Å². The molecule has 0 saturated heterocycles. The van der Waals surface area contributed by atoms with Crippen molar-refractivity contribution < 1.29 is 18.9 Å². The summed E-state index contributed by atoms with van der Waals surface area (Å²) >= 11 is 5.86. The van der Waals surface area contributed by atoms with Crippen LogP contribution in [-0.2, 0) is 15.4 Å². The van der Waals surface area contributed by atoms with Crippen molar-refractivity contribution in [2.45, 2.75) is 12.3 Å². The molecule has 1 rings (SSSR count). The van der Waals surface area contributed by atoms with Gasteiger partial charge in [-0.15, -0.1) is 11.6 Å². The van der Waals surface area contributed by atoms with Crippen LogP contribution >= 0.6 is 11.6 Å². The Morgan fingerprint density at radius 2 is 1.89 bits per heavy atom. The van der Waals surface area contributed by atoms with Gasteiger partial charge in [0.1, 0.15) is 18.1 Å². The van der Waals surface area contributed by atoms with Gasteiger partial charge in [-0.25, -0.2) is 0 Å². The van der Waals surface area contributed by atoms with Gasteiger partial charge in [-0.3, -0.25) is 0 Å². The molecule has 0 atom stereocenters. The first kappa shape index (κ1) is 16.1. The van der Waals surface area contributed by atoms with Crippen molar-refractivity contribution in [3.8, 4) is 11.5 Å². The van der Waals surface area contributed by atoms with Crippen LogP contribution in [0.25, 0.3) is 0 Å². The van der Waals surface area contributed by atoms with Gasteiger partial charge in [-0.1, -0.05) is 6.07 Å². The van der Waals surface area contributed by atoms with Crippen molar-refractivity contribution in [1.29, 1.82) is 0 Å². The first-order chi connectivity index (χ1) is 9.31. The molecular formula is C14H21ClO4. The highest BCUT2D eigenvalue weighted by Gasteiger charge is 2.05. The Balaban J connectivity index is 2.31.